The zero-order valence-electron chi connectivity index (χ0n) is 16.5. The molecule has 4 rings (SSSR count). The fourth-order valence-corrected chi connectivity index (χ4v) is 3.69. The number of halogens is 3. The van der Waals surface area contributed by atoms with Gasteiger partial charge in [0.1, 0.15) is 5.69 Å². The van der Waals surface area contributed by atoms with Crippen LogP contribution in [0.25, 0.3) is 0 Å². The summed E-state index contributed by atoms with van der Waals surface area (Å²) in [6.07, 6.45) is -5.08. The largest absolute Gasteiger partial charge is 0.490 e. The molecule has 1 aromatic heterocycles. The van der Waals surface area contributed by atoms with Crippen LogP contribution in [0.5, 0.6) is 0 Å². The number of nitrogens with zero attached hydrogens (tertiary/aromatic N) is 3. The molecule has 1 N–H and O–H groups in total. The number of rotatable bonds is 2. The molecule has 2 saturated heterocycles. The second-order valence-electron chi connectivity index (χ2n) is 7.33. The van der Waals surface area contributed by atoms with Gasteiger partial charge in [0.2, 0.25) is 5.91 Å². The minimum atomic E-state index is -5.08. The monoisotopic (exact) mass is 435 g/mol. The highest BCUT2D eigenvalue weighted by atomic mass is 19.4. The molecule has 2 aliphatic rings. The molecule has 2 atom stereocenters. The standard InChI is InChI=1S/C19H19N3O2.C2HF3O2/c1-13-6-5-9-17(20-13)19(24)21-10-14-11-22(18(23)16(14)12-21)15-7-3-2-4-8-15;3-2(4,5)1(6)7/h2-9,14,16H,10-12H2,1H3;(H,6,7). The second kappa shape index (κ2) is 8.75. The Bertz CT molecular complexity index is 981. The lowest BCUT2D eigenvalue weighted by Crippen LogP contribution is -2.36. The summed E-state index contributed by atoms with van der Waals surface area (Å²) >= 11 is 0. The summed E-state index contributed by atoms with van der Waals surface area (Å²) in [5.74, 6) is -2.61. The average molecular weight is 435 g/mol. The molecule has 2 aromatic rings. The predicted octanol–water partition coefficient (Wildman–Crippen LogP) is 2.76. The number of anilines is 1. The lowest BCUT2D eigenvalue weighted by Gasteiger charge is -2.21. The van der Waals surface area contributed by atoms with E-state index >= 15 is 0 Å². The summed E-state index contributed by atoms with van der Waals surface area (Å²) in [4.78, 5) is 42.2. The van der Waals surface area contributed by atoms with Gasteiger partial charge in [-0.3, -0.25) is 9.59 Å². The number of aryl methyl sites for hydroxylation is 1. The molecule has 1 aromatic carbocycles. The van der Waals surface area contributed by atoms with Gasteiger partial charge in [0.05, 0.1) is 5.92 Å². The van der Waals surface area contributed by atoms with Crippen molar-refractivity contribution in [1.82, 2.24) is 9.88 Å². The number of fused-ring (bicyclic) bond motifs is 1. The number of carboxylic acid groups (broad SMARTS) is 1. The third-order valence-corrected chi connectivity index (χ3v) is 5.15. The number of amides is 2. The summed E-state index contributed by atoms with van der Waals surface area (Å²) in [6, 6.07) is 15.2. The van der Waals surface area contributed by atoms with Crippen LogP contribution in [0.4, 0.5) is 18.9 Å². The Morgan fingerprint density at radius 3 is 2.23 bits per heavy atom. The quantitative estimate of drug-likeness (QED) is 0.784. The highest BCUT2D eigenvalue weighted by molar-refractivity contribution is 5.99. The van der Waals surface area contributed by atoms with E-state index in [0.717, 1.165) is 11.4 Å². The van der Waals surface area contributed by atoms with Crippen LogP contribution in [0.1, 0.15) is 16.2 Å². The van der Waals surface area contributed by atoms with E-state index in [-0.39, 0.29) is 23.7 Å². The van der Waals surface area contributed by atoms with E-state index < -0.39 is 12.1 Å². The van der Waals surface area contributed by atoms with E-state index in [1.54, 1.807) is 11.0 Å². The van der Waals surface area contributed by atoms with Crippen molar-refractivity contribution >= 4 is 23.5 Å². The molecule has 31 heavy (non-hydrogen) atoms. The van der Waals surface area contributed by atoms with Crippen LogP contribution in [0.2, 0.25) is 0 Å². The van der Waals surface area contributed by atoms with E-state index in [1.165, 1.54) is 0 Å². The number of hydrogen-bond acceptors (Lipinski definition) is 4. The molecular weight excluding hydrogens is 415 g/mol. The summed E-state index contributed by atoms with van der Waals surface area (Å²) in [5, 5.41) is 7.12. The summed E-state index contributed by atoms with van der Waals surface area (Å²) in [6.45, 7) is 3.66. The molecule has 2 aliphatic heterocycles. The number of para-hydroxylation sites is 1. The highest BCUT2D eigenvalue weighted by Gasteiger charge is 2.48. The average Bonchev–Trinajstić information content (AvgIpc) is 3.27. The molecule has 0 saturated carbocycles. The van der Waals surface area contributed by atoms with Crippen LogP contribution < -0.4 is 4.90 Å². The lowest BCUT2D eigenvalue weighted by molar-refractivity contribution is -0.192. The SMILES string of the molecule is Cc1cccc(C(=O)N2CC3CN(c4ccccc4)C(=O)C3C2)n1.O=C(O)C(F)(F)F. The molecule has 2 amide bonds. The molecule has 2 fully saturated rings. The van der Waals surface area contributed by atoms with Gasteiger partial charge in [-0.2, -0.15) is 13.2 Å². The van der Waals surface area contributed by atoms with Crippen molar-refractivity contribution in [3.63, 3.8) is 0 Å². The van der Waals surface area contributed by atoms with Gasteiger partial charge < -0.3 is 14.9 Å². The van der Waals surface area contributed by atoms with Crippen molar-refractivity contribution in [3.8, 4) is 0 Å². The highest BCUT2D eigenvalue weighted by Crippen LogP contribution is 2.35. The van der Waals surface area contributed by atoms with E-state index in [4.69, 9.17) is 9.90 Å². The maximum Gasteiger partial charge on any atom is 0.490 e. The maximum atomic E-state index is 12.7. The first-order chi connectivity index (χ1) is 14.6. The molecule has 3 heterocycles. The number of likely N-dealkylation sites (tertiary alicyclic amines) is 1. The fourth-order valence-electron chi connectivity index (χ4n) is 3.69. The maximum absolute atomic E-state index is 12.7. The Hall–Kier alpha value is -3.43. The fraction of sp³-hybridized carbons (Fsp3) is 0.333. The molecular formula is C21H20F3N3O4. The third kappa shape index (κ3) is 5.01. The van der Waals surface area contributed by atoms with E-state index in [0.29, 0.717) is 25.3 Å². The molecule has 2 unspecified atom stereocenters. The van der Waals surface area contributed by atoms with Crippen molar-refractivity contribution in [2.45, 2.75) is 13.1 Å². The number of carbonyl (C=O) groups excluding carboxylic acids is 2. The van der Waals surface area contributed by atoms with Gasteiger partial charge in [-0.1, -0.05) is 24.3 Å². The van der Waals surface area contributed by atoms with Crippen LogP contribution in [0, 0.1) is 18.8 Å². The minimum Gasteiger partial charge on any atom is -0.475 e. The van der Waals surface area contributed by atoms with Crippen LogP contribution in [-0.2, 0) is 9.59 Å². The van der Waals surface area contributed by atoms with Crippen molar-refractivity contribution in [2.24, 2.45) is 11.8 Å². The zero-order chi connectivity index (χ0) is 22.8. The first-order valence-corrected chi connectivity index (χ1v) is 9.47. The van der Waals surface area contributed by atoms with Gasteiger partial charge in [-0.15, -0.1) is 0 Å². The topological polar surface area (TPSA) is 90.8 Å². The predicted molar refractivity (Wildman–Crippen MR) is 104 cm³/mol. The normalized spacial score (nSPS) is 20.2. The summed E-state index contributed by atoms with van der Waals surface area (Å²) < 4.78 is 31.7. The molecule has 0 aliphatic carbocycles. The Labute approximate surface area is 176 Å². The van der Waals surface area contributed by atoms with Crippen LogP contribution in [-0.4, -0.2) is 58.6 Å². The number of aromatic nitrogens is 1. The number of pyridine rings is 1. The number of alkyl halides is 3. The Morgan fingerprint density at radius 1 is 1.03 bits per heavy atom. The number of carbonyl (C=O) groups is 3. The Morgan fingerprint density at radius 2 is 1.68 bits per heavy atom. The Kier molecular flexibility index (Phi) is 6.28. The first-order valence-electron chi connectivity index (χ1n) is 9.47. The minimum absolute atomic E-state index is 0.0767. The van der Waals surface area contributed by atoms with Gasteiger partial charge in [0.15, 0.2) is 0 Å². The van der Waals surface area contributed by atoms with Crippen LogP contribution in [0.3, 0.4) is 0 Å². The molecule has 0 bridgehead atoms. The Balaban J connectivity index is 0.000000339. The summed E-state index contributed by atoms with van der Waals surface area (Å²) in [5.41, 5.74) is 2.23. The van der Waals surface area contributed by atoms with E-state index in [1.807, 2.05) is 54.3 Å². The molecule has 164 valence electrons. The molecule has 0 radical (unpaired) electrons. The van der Waals surface area contributed by atoms with Gasteiger partial charge in [0.25, 0.3) is 5.91 Å². The van der Waals surface area contributed by atoms with Crippen molar-refractivity contribution in [3.05, 3.63) is 59.9 Å². The van der Waals surface area contributed by atoms with E-state index in [9.17, 15) is 22.8 Å². The van der Waals surface area contributed by atoms with Crippen molar-refractivity contribution in [1.29, 1.82) is 0 Å². The van der Waals surface area contributed by atoms with Crippen LogP contribution in [0.15, 0.2) is 48.5 Å². The lowest BCUT2D eigenvalue weighted by atomic mass is 10.0. The molecule has 7 nitrogen and oxygen atoms in total. The van der Waals surface area contributed by atoms with Gasteiger partial charge >= 0.3 is 12.1 Å². The number of benzene rings is 1. The van der Waals surface area contributed by atoms with E-state index in [2.05, 4.69) is 4.98 Å². The number of carboxylic acids is 1. The number of aliphatic carboxylic acids is 1. The zero-order valence-corrected chi connectivity index (χ0v) is 16.5. The second-order valence-corrected chi connectivity index (χ2v) is 7.33. The smallest absolute Gasteiger partial charge is 0.475 e. The van der Waals surface area contributed by atoms with Gasteiger partial charge in [-0.05, 0) is 31.2 Å². The molecule has 0 spiro atoms. The first kappa shape index (κ1) is 22.3. The van der Waals surface area contributed by atoms with Crippen molar-refractivity contribution < 1.29 is 32.7 Å². The molecule has 10 heteroatoms. The van der Waals surface area contributed by atoms with Gasteiger partial charge in [-0.25, -0.2) is 9.78 Å². The van der Waals surface area contributed by atoms with Crippen LogP contribution >= 0.6 is 0 Å². The number of hydrogen-bond donors (Lipinski definition) is 1. The van der Waals surface area contributed by atoms with Crippen molar-refractivity contribution in [2.75, 3.05) is 24.5 Å². The third-order valence-electron chi connectivity index (χ3n) is 5.15. The summed E-state index contributed by atoms with van der Waals surface area (Å²) in [7, 11) is 0. The van der Waals surface area contributed by atoms with Gasteiger partial charge in [0, 0.05) is 36.9 Å².